The van der Waals surface area contributed by atoms with E-state index in [0.717, 1.165) is 47.8 Å². The summed E-state index contributed by atoms with van der Waals surface area (Å²) in [5, 5.41) is 10.3. The fraction of sp³-hybridized carbons (Fsp3) is 0.667. The standard InChI is InChI=1S/C21H26N4OS/c22-10-9-14-3-8-17-18(14)19-20(23-13-24-21(19)27-17)26-16-6-4-15(5-7-16)25-11-1-2-12-25/h13-16H,1-9,11-12H2. The normalized spacial score (nSPS) is 28.3. The molecule has 2 aromatic rings. The Balaban J connectivity index is 1.35. The molecule has 0 bridgehead atoms. The van der Waals surface area contributed by atoms with Crippen molar-refractivity contribution in [2.75, 3.05) is 13.1 Å². The number of nitriles is 1. The summed E-state index contributed by atoms with van der Waals surface area (Å²) < 4.78 is 6.44. The van der Waals surface area contributed by atoms with Crippen LogP contribution in [0, 0.1) is 11.3 Å². The maximum Gasteiger partial charge on any atom is 0.225 e. The summed E-state index contributed by atoms with van der Waals surface area (Å²) in [7, 11) is 0. The van der Waals surface area contributed by atoms with E-state index in [2.05, 4.69) is 20.9 Å². The fourth-order valence-corrected chi connectivity index (χ4v) is 6.47. The molecule has 2 aliphatic carbocycles. The number of likely N-dealkylation sites (tertiary alicyclic amines) is 1. The van der Waals surface area contributed by atoms with E-state index in [4.69, 9.17) is 4.74 Å². The van der Waals surface area contributed by atoms with E-state index in [1.807, 2.05) is 0 Å². The van der Waals surface area contributed by atoms with E-state index in [-0.39, 0.29) is 6.10 Å². The molecule has 1 atom stereocenters. The fourth-order valence-electron chi connectivity index (χ4n) is 5.24. The third-order valence-corrected chi connectivity index (χ3v) is 7.79. The molecule has 1 saturated heterocycles. The van der Waals surface area contributed by atoms with E-state index < -0.39 is 0 Å². The number of hydrogen-bond donors (Lipinski definition) is 0. The molecule has 142 valence electrons. The Morgan fingerprint density at radius 1 is 1.15 bits per heavy atom. The van der Waals surface area contributed by atoms with Gasteiger partial charge in [-0.15, -0.1) is 11.3 Å². The first-order valence-corrected chi connectivity index (χ1v) is 11.2. The maximum absolute atomic E-state index is 9.19. The summed E-state index contributed by atoms with van der Waals surface area (Å²) in [6.07, 6.45) is 12.0. The highest BCUT2D eigenvalue weighted by Crippen LogP contribution is 2.47. The quantitative estimate of drug-likeness (QED) is 0.783. The summed E-state index contributed by atoms with van der Waals surface area (Å²) in [5.41, 5.74) is 1.30. The third-order valence-electron chi connectivity index (χ3n) is 6.61. The van der Waals surface area contributed by atoms with E-state index in [1.54, 1.807) is 17.7 Å². The zero-order valence-corrected chi connectivity index (χ0v) is 16.5. The molecule has 3 aliphatic rings. The smallest absolute Gasteiger partial charge is 0.225 e. The van der Waals surface area contributed by atoms with Crippen molar-refractivity contribution in [2.24, 2.45) is 0 Å². The summed E-state index contributed by atoms with van der Waals surface area (Å²) in [5.74, 6) is 1.07. The van der Waals surface area contributed by atoms with Crippen LogP contribution in [0.25, 0.3) is 10.2 Å². The first-order chi connectivity index (χ1) is 13.3. The van der Waals surface area contributed by atoms with Gasteiger partial charge in [-0.25, -0.2) is 9.97 Å². The molecule has 0 spiro atoms. The van der Waals surface area contributed by atoms with Crippen molar-refractivity contribution in [2.45, 2.75) is 75.9 Å². The molecule has 5 rings (SSSR count). The first kappa shape index (κ1) is 17.4. The molecule has 1 unspecified atom stereocenters. The summed E-state index contributed by atoms with van der Waals surface area (Å²) in [6.45, 7) is 2.56. The van der Waals surface area contributed by atoms with Crippen LogP contribution in [0.4, 0.5) is 0 Å². The molecule has 0 aromatic carbocycles. The number of fused-ring (bicyclic) bond motifs is 3. The summed E-state index contributed by atoms with van der Waals surface area (Å²) in [4.78, 5) is 14.1. The average molecular weight is 383 g/mol. The number of hydrogen-bond acceptors (Lipinski definition) is 6. The van der Waals surface area contributed by atoms with Gasteiger partial charge in [0.15, 0.2) is 0 Å². The van der Waals surface area contributed by atoms with Gasteiger partial charge in [-0.1, -0.05) is 0 Å². The number of aromatic nitrogens is 2. The van der Waals surface area contributed by atoms with Crippen molar-refractivity contribution in [3.05, 3.63) is 16.8 Å². The topological polar surface area (TPSA) is 62.0 Å². The van der Waals surface area contributed by atoms with Crippen LogP contribution in [0.1, 0.15) is 67.7 Å². The third kappa shape index (κ3) is 3.21. The van der Waals surface area contributed by atoms with Gasteiger partial charge >= 0.3 is 0 Å². The molecular formula is C21H26N4OS. The number of nitrogens with zero attached hydrogens (tertiary/aromatic N) is 4. The zero-order chi connectivity index (χ0) is 18.2. The van der Waals surface area contributed by atoms with Crippen LogP contribution in [0.15, 0.2) is 6.33 Å². The van der Waals surface area contributed by atoms with Gasteiger partial charge < -0.3 is 9.64 Å². The molecule has 0 radical (unpaired) electrons. The van der Waals surface area contributed by atoms with Crippen molar-refractivity contribution < 1.29 is 4.74 Å². The average Bonchev–Trinajstić information content (AvgIpc) is 3.40. The molecule has 2 fully saturated rings. The SMILES string of the molecule is N#CCC1CCc2sc3ncnc(OC4CCC(N5CCCC5)CC4)c3c21. The molecule has 1 aliphatic heterocycles. The molecule has 3 heterocycles. The number of ether oxygens (including phenoxy) is 1. The van der Waals surface area contributed by atoms with Crippen LogP contribution < -0.4 is 4.74 Å². The van der Waals surface area contributed by atoms with E-state index in [1.165, 1.54) is 49.2 Å². The monoisotopic (exact) mass is 382 g/mol. The summed E-state index contributed by atoms with van der Waals surface area (Å²) >= 11 is 1.76. The van der Waals surface area contributed by atoms with Crippen LogP contribution in [-0.4, -0.2) is 40.1 Å². The van der Waals surface area contributed by atoms with Crippen molar-refractivity contribution in [1.82, 2.24) is 14.9 Å². The lowest BCUT2D eigenvalue weighted by atomic mass is 9.92. The largest absolute Gasteiger partial charge is 0.474 e. The minimum Gasteiger partial charge on any atom is -0.474 e. The Kier molecular flexibility index (Phi) is 4.75. The van der Waals surface area contributed by atoms with Gasteiger partial charge in [-0.3, -0.25) is 0 Å². The van der Waals surface area contributed by atoms with E-state index in [9.17, 15) is 5.26 Å². The Labute approximate surface area is 164 Å². The van der Waals surface area contributed by atoms with Crippen LogP contribution in [0.2, 0.25) is 0 Å². The minimum absolute atomic E-state index is 0.258. The molecule has 27 heavy (non-hydrogen) atoms. The molecule has 5 nitrogen and oxygen atoms in total. The first-order valence-electron chi connectivity index (χ1n) is 10.4. The van der Waals surface area contributed by atoms with Crippen molar-refractivity contribution >= 4 is 21.6 Å². The van der Waals surface area contributed by atoms with Crippen molar-refractivity contribution in [3.8, 4) is 11.9 Å². The van der Waals surface area contributed by atoms with Gasteiger partial charge in [-0.2, -0.15) is 5.26 Å². The van der Waals surface area contributed by atoms with Crippen LogP contribution in [0.5, 0.6) is 5.88 Å². The minimum atomic E-state index is 0.258. The van der Waals surface area contributed by atoms with Gasteiger partial charge in [0.05, 0.1) is 11.5 Å². The lowest BCUT2D eigenvalue weighted by Crippen LogP contribution is -2.38. The highest BCUT2D eigenvalue weighted by molar-refractivity contribution is 7.19. The van der Waals surface area contributed by atoms with Crippen LogP contribution in [-0.2, 0) is 6.42 Å². The Bertz CT molecular complexity index is 859. The van der Waals surface area contributed by atoms with E-state index in [0.29, 0.717) is 12.3 Å². The molecular weight excluding hydrogens is 356 g/mol. The Morgan fingerprint density at radius 3 is 2.74 bits per heavy atom. The highest BCUT2D eigenvalue weighted by atomic mass is 32.1. The van der Waals surface area contributed by atoms with Gasteiger partial charge in [0.25, 0.3) is 0 Å². The predicted octanol–water partition coefficient (Wildman–Crippen LogP) is 4.42. The van der Waals surface area contributed by atoms with Gasteiger partial charge in [0, 0.05) is 17.3 Å². The maximum atomic E-state index is 9.19. The molecule has 2 aromatic heterocycles. The zero-order valence-electron chi connectivity index (χ0n) is 15.7. The number of rotatable bonds is 4. The second-order valence-corrected chi connectivity index (χ2v) is 9.27. The lowest BCUT2D eigenvalue weighted by Gasteiger charge is -2.34. The van der Waals surface area contributed by atoms with Crippen LogP contribution in [0.3, 0.4) is 0 Å². The highest BCUT2D eigenvalue weighted by Gasteiger charge is 2.32. The van der Waals surface area contributed by atoms with Crippen LogP contribution >= 0.6 is 11.3 Å². The van der Waals surface area contributed by atoms with Gasteiger partial charge in [0.2, 0.25) is 5.88 Å². The lowest BCUT2D eigenvalue weighted by molar-refractivity contribution is 0.0978. The van der Waals surface area contributed by atoms with Gasteiger partial charge in [-0.05, 0) is 75.9 Å². The molecule has 0 N–H and O–H groups in total. The predicted molar refractivity (Wildman–Crippen MR) is 106 cm³/mol. The van der Waals surface area contributed by atoms with Gasteiger partial charge in [0.1, 0.15) is 17.3 Å². The van der Waals surface area contributed by atoms with E-state index >= 15 is 0 Å². The molecule has 1 saturated carbocycles. The summed E-state index contributed by atoms with van der Waals surface area (Å²) in [6, 6.07) is 3.11. The molecule has 6 heteroatoms. The van der Waals surface area contributed by atoms with Crippen molar-refractivity contribution in [3.63, 3.8) is 0 Å². The second-order valence-electron chi connectivity index (χ2n) is 8.19. The van der Waals surface area contributed by atoms with Crippen molar-refractivity contribution in [1.29, 1.82) is 5.26 Å². The number of thiophene rings is 1. The second kappa shape index (κ2) is 7.37. The Hall–Kier alpha value is -1.71. The molecule has 0 amide bonds. The Morgan fingerprint density at radius 2 is 1.96 bits per heavy atom. The number of aryl methyl sites for hydroxylation is 1.